The summed E-state index contributed by atoms with van der Waals surface area (Å²) in [5.41, 5.74) is 2.20. The molecule has 0 aliphatic heterocycles. The second kappa shape index (κ2) is 7.83. The van der Waals surface area contributed by atoms with E-state index < -0.39 is 10.0 Å². The maximum Gasteiger partial charge on any atom is 0.275 e. The van der Waals surface area contributed by atoms with E-state index in [9.17, 15) is 13.2 Å². The van der Waals surface area contributed by atoms with Crippen LogP contribution in [-0.2, 0) is 17.1 Å². The first-order chi connectivity index (χ1) is 13.2. The van der Waals surface area contributed by atoms with Crippen LogP contribution < -0.4 is 10.0 Å². The Balaban J connectivity index is 1.77. The van der Waals surface area contributed by atoms with Gasteiger partial charge in [-0.3, -0.25) is 9.48 Å². The fourth-order valence-electron chi connectivity index (χ4n) is 2.52. The summed E-state index contributed by atoms with van der Waals surface area (Å²) >= 11 is 2.03. The molecular formula is C17H17IN6O3S. The number of aryl methyl sites for hydroxylation is 3. The lowest BCUT2D eigenvalue weighted by Crippen LogP contribution is -2.18. The Morgan fingerprint density at radius 2 is 1.71 bits per heavy atom. The van der Waals surface area contributed by atoms with E-state index in [1.807, 2.05) is 22.6 Å². The van der Waals surface area contributed by atoms with Crippen LogP contribution >= 0.6 is 22.6 Å². The number of rotatable bonds is 5. The molecule has 146 valence electrons. The molecule has 2 N–H and O–H groups in total. The SMILES string of the molecule is Cc1cc(C)nc(NS(=O)(=O)c2ccc(NC(=O)c3c(I)cnn3C)cc2)n1. The minimum Gasteiger partial charge on any atom is -0.321 e. The van der Waals surface area contributed by atoms with Crippen LogP contribution in [0.2, 0.25) is 0 Å². The third kappa shape index (κ3) is 4.47. The fourth-order valence-corrected chi connectivity index (χ4v) is 4.19. The van der Waals surface area contributed by atoms with E-state index in [1.165, 1.54) is 28.9 Å². The number of sulfonamides is 1. The van der Waals surface area contributed by atoms with Crippen molar-refractivity contribution in [3.63, 3.8) is 0 Å². The van der Waals surface area contributed by atoms with E-state index in [0.717, 1.165) is 3.57 Å². The van der Waals surface area contributed by atoms with E-state index in [2.05, 4.69) is 25.1 Å². The van der Waals surface area contributed by atoms with Gasteiger partial charge in [0, 0.05) is 24.1 Å². The summed E-state index contributed by atoms with van der Waals surface area (Å²) in [4.78, 5) is 20.6. The second-order valence-corrected chi connectivity index (χ2v) is 8.87. The number of amides is 1. The molecule has 3 aromatic rings. The highest BCUT2D eigenvalue weighted by Gasteiger charge is 2.18. The van der Waals surface area contributed by atoms with Crippen molar-refractivity contribution in [1.82, 2.24) is 19.7 Å². The lowest BCUT2D eigenvalue weighted by atomic mass is 10.3. The molecule has 0 bridgehead atoms. The molecule has 9 nitrogen and oxygen atoms in total. The van der Waals surface area contributed by atoms with Crippen LogP contribution in [0.3, 0.4) is 0 Å². The zero-order valence-electron chi connectivity index (χ0n) is 15.3. The molecule has 0 unspecified atom stereocenters. The average Bonchev–Trinajstić information content (AvgIpc) is 2.92. The molecule has 0 fully saturated rings. The summed E-state index contributed by atoms with van der Waals surface area (Å²) < 4.78 is 29.6. The Kier molecular flexibility index (Phi) is 5.65. The summed E-state index contributed by atoms with van der Waals surface area (Å²) in [6.07, 6.45) is 1.59. The molecule has 3 rings (SSSR count). The minimum absolute atomic E-state index is 0.0145. The monoisotopic (exact) mass is 512 g/mol. The van der Waals surface area contributed by atoms with E-state index >= 15 is 0 Å². The van der Waals surface area contributed by atoms with Gasteiger partial charge in [-0.25, -0.2) is 23.1 Å². The van der Waals surface area contributed by atoms with Crippen molar-refractivity contribution in [3.05, 3.63) is 57.2 Å². The molecule has 0 aliphatic rings. The molecule has 0 radical (unpaired) electrons. The highest BCUT2D eigenvalue weighted by molar-refractivity contribution is 14.1. The molecular weight excluding hydrogens is 495 g/mol. The molecule has 0 aliphatic carbocycles. The normalized spacial score (nSPS) is 11.3. The van der Waals surface area contributed by atoms with Crippen molar-refractivity contribution in [2.45, 2.75) is 18.7 Å². The molecule has 1 amide bonds. The number of anilines is 2. The fraction of sp³-hybridized carbons (Fsp3) is 0.176. The van der Waals surface area contributed by atoms with Gasteiger partial charge < -0.3 is 5.32 Å². The third-order valence-electron chi connectivity index (χ3n) is 3.74. The van der Waals surface area contributed by atoms with Gasteiger partial charge in [0.2, 0.25) is 5.95 Å². The van der Waals surface area contributed by atoms with Crippen molar-refractivity contribution in [1.29, 1.82) is 0 Å². The molecule has 0 spiro atoms. The van der Waals surface area contributed by atoms with E-state index in [0.29, 0.717) is 22.8 Å². The van der Waals surface area contributed by atoms with E-state index in [4.69, 9.17) is 0 Å². The molecule has 0 saturated carbocycles. The predicted molar refractivity (Wildman–Crippen MR) is 113 cm³/mol. The number of aromatic nitrogens is 4. The summed E-state index contributed by atoms with van der Waals surface area (Å²) in [7, 11) is -2.18. The Hall–Kier alpha value is -2.54. The highest BCUT2D eigenvalue weighted by atomic mass is 127. The number of hydrogen-bond acceptors (Lipinski definition) is 6. The summed E-state index contributed by atoms with van der Waals surface area (Å²) in [6, 6.07) is 7.57. The van der Waals surface area contributed by atoms with Crippen LogP contribution in [0, 0.1) is 17.4 Å². The van der Waals surface area contributed by atoms with E-state index in [1.54, 1.807) is 33.2 Å². The molecule has 11 heteroatoms. The number of nitrogens with one attached hydrogen (secondary N) is 2. The first kappa shape index (κ1) is 20.2. The van der Waals surface area contributed by atoms with Gasteiger partial charge in [-0.2, -0.15) is 5.10 Å². The maximum atomic E-state index is 12.5. The van der Waals surface area contributed by atoms with Crippen LogP contribution in [0.25, 0.3) is 0 Å². The van der Waals surface area contributed by atoms with Gasteiger partial charge in [0.15, 0.2) is 0 Å². The third-order valence-corrected chi connectivity index (χ3v) is 5.87. The Morgan fingerprint density at radius 1 is 1.11 bits per heavy atom. The minimum atomic E-state index is -3.85. The van der Waals surface area contributed by atoms with Crippen molar-refractivity contribution < 1.29 is 13.2 Å². The van der Waals surface area contributed by atoms with Crippen LogP contribution in [0.5, 0.6) is 0 Å². The largest absolute Gasteiger partial charge is 0.321 e. The van der Waals surface area contributed by atoms with Crippen molar-refractivity contribution >= 4 is 50.2 Å². The van der Waals surface area contributed by atoms with Gasteiger partial charge in [0.25, 0.3) is 15.9 Å². The molecule has 28 heavy (non-hydrogen) atoms. The first-order valence-corrected chi connectivity index (χ1v) is 10.7. The molecule has 0 atom stereocenters. The quantitative estimate of drug-likeness (QED) is 0.508. The topological polar surface area (TPSA) is 119 Å². The highest BCUT2D eigenvalue weighted by Crippen LogP contribution is 2.18. The summed E-state index contributed by atoms with van der Waals surface area (Å²) in [5, 5.41) is 6.75. The predicted octanol–water partition coefficient (Wildman–Crippen LogP) is 2.48. The number of benzene rings is 1. The van der Waals surface area contributed by atoms with Crippen molar-refractivity contribution in [2.24, 2.45) is 7.05 Å². The smallest absolute Gasteiger partial charge is 0.275 e. The number of carbonyl (C=O) groups excluding carboxylic acids is 1. The van der Waals surface area contributed by atoms with Crippen LogP contribution in [0.4, 0.5) is 11.6 Å². The van der Waals surface area contributed by atoms with Gasteiger partial charge in [-0.1, -0.05) is 0 Å². The van der Waals surface area contributed by atoms with Crippen LogP contribution in [0.15, 0.2) is 41.4 Å². The molecule has 1 aromatic carbocycles. The van der Waals surface area contributed by atoms with Crippen molar-refractivity contribution in [3.8, 4) is 0 Å². The second-order valence-electron chi connectivity index (χ2n) is 6.02. The lowest BCUT2D eigenvalue weighted by Gasteiger charge is -2.09. The summed E-state index contributed by atoms with van der Waals surface area (Å²) in [6.45, 7) is 3.51. The average molecular weight is 512 g/mol. The molecule has 2 heterocycles. The number of hydrogen-bond donors (Lipinski definition) is 2. The maximum absolute atomic E-state index is 12.5. The van der Waals surface area contributed by atoms with Gasteiger partial charge in [0.1, 0.15) is 5.69 Å². The summed E-state index contributed by atoms with van der Waals surface area (Å²) in [5.74, 6) is -0.317. The number of nitrogens with zero attached hydrogens (tertiary/aromatic N) is 4. The Morgan fingerprint density at radius 3 is 2.25 bits per heavy atom. The molecule has 0 saturated heterocycles. The Bertz CT molecular complexity index is 1100. The van der Waals surface area contributed by atoms with Crippen molar-refractivity contribution in [2.75, 3.05) is 10.0 Å². The standard InChI is InChI=1S/C17H17IN6O3S/c1-10-8-11(2)21-17(20-10)23-28(26,27)13-6-4-12(5-7-13)22-16(25)15-14(18)9-19-24(15)3/h4-9H,1-3H3,(H,22,25)(H,20,21,23). The van der Waals surface area contributed by atoms with Gasteiger partial charge in [0.05, 0.1) is 14.7 Å². The van der Waals surface area contributed by atoms with Gasteiger partial charge >= 0.3 is 0 Å². The molecule has 2 aromatic heterocycles. The number of carbonyl (C=O) groups is 1. The zero-order valence-corrected chi connectivity index (χ0v) is 18.2. The first-order valence-electron chi connectivity index (χ1n) is 8.10. The van der Waals surface area contributed by atoms with E-state index in [-0.39, 0.29) is 16.8 Å². The number of halogens is 1. The Labute approximate surface area is 175 Å². The zero-order chi connectivity index (χ0) is 20.5. The van der Waals surface area contributed by atoms with Crippen LogP contribution in [0.1, 0.15) is 21.9 Å². The van der Waals surface area contributed by atoms with Crippen LogP contribution in [-0.4, -0.2) is 34.1 Å². The lowest BCUT2D eigenvalue weighted by molar-refractivity contribution is 0.101. The van der Waals surface area contributed by atoms with Gasteiger partial charge in [-0.05, 0) is 66.8 Å². The van der Waals surface area contributed by atoms with Gasteiger partial charge in [-0.15, -0.1) is 0 Å².